The van der Waals surface area contributed by atoms with E-state index in [9.17, 15) is 9.18 Å². The monoisotopic (exact) mass is 252 g/mol. The standard InChI is InChI=1S/C14H21FN2O/c1-3-8-16-14(18)10-17-11(2)9-12-6-4-5-7-13(12)15/h4-7,11,17H,3,8-10H2,1-2H3,(H,16,18). The first kappa shape index (κ1) is 14.6. The lowest BCUT2D eigenvalue weighted by molar-refractivity contribution is -0.120. The van der Waals surface area contributed by atoms with E-state index in [1.165, 1.54) is 6.07 Å². The highest BCUT2D eigenvalue weighted by Crippen LogP contribution is 2.08. The van der Waals surface area contributed by atoms with Gasteiger partial charge in [-0.3, -0.25) is 4.79 Å². The third kappa shape index (κ3) is 5.27. The van der Waals surface area contributed by atoms with Crippen LogP contribution in [0.3, 0.4) is 0 Å². The normalized spacial score (nSPS) is 12.2. The highest BCUT2D eigenvalue weighted by atomic mass is 19.1. The van der Waals surface area contributed by atoms with Crippen LogP contribution < -0.4 is 10.6 Å². The van der Waals surface area contributed by atoms with E-state index < -0.39 is 0 Å². The molecule has 1 unspecified atom stereocenters. The Kier molecular flexibility index (Phi) is 6.36. The highest BCUT2D eigenvalue weighted by molar-refractivity contribution is 5.77. The fraction of sp³-hybridized carbons (Fsp3) is 0.500. The van der Waals surface area contributed by atoms with Crippen LogP contribution in [0.4, 0.5) is 4.39 Å². The summed E-state index contributed by atoms with van der Waals surface area (Å²) in [7, 11) is 0. The van der Waals surface area contributed by atoms with Crippen LogP contribution in [0.5, 0.6) is 0 Å². The number of halogens is 1. The SMILES string of the molecule is CCCNC(=O)CNC(C)Cc1ccccc1F. The quantitative estimate of drug-likeness (QED) is 0.778. The first-order valence-electron chi connectivity index (χ1n) is 6.37. The molecule has 4 heteroatoms. The molecule has 0 saturated heterocycles. The Morgan fingerprint density at radius 2 is 2.11 bits per heavy atom. The van der Waals surface area contributed by atoms with Gasteiger partial charge in [0.2, 0.25) is 5.91 Å². The van der Waals surface area contributed by atoms with E-state index in [4.69, 9.17) is 0 Å². The van der Waals surface area contributed by atoms with E-state index in [2.05, 4.69) is 10.6 Å². The van der Waals surface area contributed by atoms with Crippen LogP contribution in [0.15, 0.2) is 24.3 Å². The van der Waals surface area contributed by atoms with Gasteiger partial charge in [-0.2, -0.15) is 0 Å². The smallest absolute Gasteiger partial charge is 0.233 e. The zero-order valence-corrected chi connectivity index (χ0v) is 11.0. The van der Waals surface area contributed by atoms with Crippen molar-refractivity contribution in [3.05, 3.63) is 35.6 Å². The number of amides is 1. The Hall–Kier alpha value is -1.42. The summed E-state index contributed by atoms with van der Waals surface area (Å²) in [4.78, 5) is 11.4. The molecule has 0 spiro atoms. The lowest BCUT2D eigenvalue weighted by atomic mass is 10.1. The Balaban J connectivity index is 2.32. The first-order valence-corrected chi connectivity index (χ1v) is 6.37. The second-order valence-electron chi connectivity index (χ2n) is 4.43. The molecule has 0 aliphatic carbocycles. The topological polar surface area (TPSA) is 41.1 Å². The molecule has 0 aliphatic heterocycles. The zero-order chi connectivity index (χ0) is 13.4. The number of nitrogens with one attached hydrogen (secondary N) is 2. The number of carbonyl (C=O) groups excluding carboxylic acids is 1. The second-order valence-corrected chi connectivity index (χ2v) is 4.43. The molecule has 0 fully saturated rings. The van der Waals surface area contributed by atoms with Crippen LogP contribution in [0.1, 0.15) is 25.8 Å². The maximum Gasteiger partial charge on any atom is 0.233 e. The number of benzene rings is 1. The van der Waals surface area contributed by atoms with Crippen molar-refractivity contribution in [3.8, 4) is 0 Å². The van der Waals surface area contributed by atoms with Crippen molar-refractivity contribution in [2.24, 2.45) is 0 Å². The summed E-state index contributed by atoms with van der Waals surface area (Å²) >= 11 is 0. The van der Waals surface area contributed by atoms with E-state index in [0.29, 0.717) is 18.5 Å². The molecular formula is C14H21FN2O. The first-order chi connectivity index (χ1) is 8.63. The van der Waals surface area contributed by atoms with Gasteiger partial charge >= 0.3 is 0 Å². The van der Waals surface area contributed by atoms with Gasteiger partial charge in [-0.05, 0) is 31.4 Å². The van der Waals surface area contributed by atoms with Gasteiger partial charge in [0.05, 0.1) is 6.54 Å². The molecule has 0 aromatic heterocycles. The van der Waals surface area contributed by atoms with Crippen LogP contribution in [-0.4, -0.2) is 25.0 Å². The molecule has 100 valence electrons. The number of rotatable bonds is 7. The van der Waals surface area contributed by atoms with E-state index in [1.54, 1.807) is 12.1 Å². The summed E-state index contributed by atoms with van der Waals surface area (Å²) in [5.41, 5.74) is 0.673. The molecule has 1 aromatic carbocycles. The van der Waals surface area contributed by atoms with Crippen molar-refractivity contribution >= 4 is 5.91 Å². The third-order valence-corrected chi connectivity index (χ3v) is 2.67. The van der Waals surface area contributed by atoms with Gasteiger partial charge in [0, 0.05) is 12.6 Å². The number of hydrogen-bond donors (Lipinski definition) is 2. The molecule has 0 saturated carbocycles. The predicted octanol–water partition coefficient (Wildman–Crippen LogP) is 1.87. The molecule has 0 bridgehead atoms. The van der Waals surface area contributed by atoms with Crippen molar-refractivity contribution in [1.29, 1.82) is 0 Å². The average Bonchev–Trinajstić information content (AvgIpc) is 2.36. The lowest BCUT2D eigenvalue weighted by Gasteiger charge is -2.14. The van der Waals surface area contributed by atoms with E-state index in [-0.39, 0.29) is 24.3 Å². The maximum atomic E-state index is 13.4. The molecule has 0 heterocycles. The Morgan fingerprint density at radius 1 is 1.39 bits per heavy atom. The average molecular weight is 252 g/mol. The van der Waals surface area contributed by atoms with Gasteiger partial charge in [-0.15, -0.1) is 0 Å². The molecule has 1 atom stereocenters. The van der Waals surface area contributed by atoms with Crippen molar-refractivity contribution in [2.75, 3.05) is 13.1 Å². The van der Waals surface area contributed by atoms with Crippen molar-refractivity contribution in [1.82, 2.24) is 10.6 Å². The fourth-order valence-electron chi connectivity index (χ4n) is 1.66. The van der Waals surface area contributed by atoms with Crippen LogP contribution in [-0.2, 0) is 11.2 Å². The molecule has 0 aliphatic rings. The minimum Gasteiger partial charge on any atom is -0.355 e. The number of carbonyl (C=O) groups is 1. The van der Waals surface area contributed by atoms with Gasteiger partial charge < -0.3 is 10.6 Å². The summed E-state index contributed by atoms with van der Waals surface area (Å²) in [6, 6.07) is 6.78. The molecule has 18 heavy (non-hydrogen) atoms. The van der Waals surface area contributed by atoms with E-state index in [1.807, 2.05) is 19.9 Å². The molecule has 1 rings (SSSR count). The van der Waals surface area contributed by atoms with Gasteiger partial charge in [0.15, 0.2) is 0 Å². The van der Waals surface area contributed by atoms with Crippen molar-refractivity contribution < 1.29 is 9.18 Å². The molecule has 0 radical (unpaired) electrons. The van der Waals surface area contributed by atoms with Crippen LogP contribution >= 0.6 is 0 Å². The Morgan fingerprint density at radius 3 is 2.78 bits per heavy atom. The van der Waals surface area contributed by atoms with Crippen molar-refractivity contribution in [2.45, 2.75) is 32.7 Å². The summed E-state index contributed by atoms with van der Waals surface area (Å²) < 4.78 is 13.4. The van der Waals surface area contributed by atoms with E-state index >= 15 is 0 Å². The van der Waals surface area contributed by atoms with Gasteiger partial charge in [0.1, 0.15) is 5.82 Å². The molecule has 1 aromatic rings. The Labute approximate surface area is 108 Å². The summed E-state index contributed by atoms with van der Waals surface area (Å²) in [5, 5.41) is 5.88. The summed E-state index contributed by atoms with van der Waals surface area (Å²) in [5.74, 6) is -0.209. The molecule has 3 nitrogen and oxygen atoms in total. The van der Waals surface area contributed by atoms with Crippen LogP contribution in [0.2, 0.25) is 0 Å². The summed E-state index contributed by atoms with van der Waals surface area (Å²) in [6.07, 6.45) is 1.50. The minimum atomic E-state index is -0.193. The van der Waals surface area contributed by atoms with Crippen molar-refractivity contribution in [3.63, 3.8) is 0 Å². The number of hydrogen-bond acceptors (Lipinski definition) is 2. The van der Waals surface area contributed by atoms with E-state index in [0.717, 1.165) is 6.42 Å². The van der Waals surface area contributed by atoms with Crippen LogP contribution in [0.25, 0.3) is 0 Å². The van der Waals surface area contributed by atoms with Gasteiger partial charge in [0.25, 0.3) is 0 Å². The Bertz CT molecular complexity index is 382. The zero-order valence-electron chi connectivity index (χ0n) is 11.0. The third-order valence-electron chi connectivity index (χ3n) is 2.67. The summed E-state index contributed by atoms with van der Waals surface area (Å²) in [6.45, 7) is 4.92. The second kappa shape index (κ2) is 7.82. The van der Waals surface area contributed by atoms with Crippen LogP contribution in [0, 0.1) is 5.82 Å². The highest BCUT2D eigenvalue weighted by Gasteiger charge is 2.08. The van der Waals surface area contributed by atoms with Gasteiger partial charge in [-0.1, -0.05) is 25.1 Å². The largest absolute Gasteiger partial charge is 0.355 e. The predicted molar refractivity (Wildman–Crippen MR) is 70.9 cm³/mol. The van der Waals surface area contributed by atoms with Gasteiger partial charge in [-0.25, -0.2) is 4.39 Å². The minimum absolute atomic E-state index is 0.0165. The molecule has 2 N–H and O–H groups in total. The maximum absolute atomic E-state index is 13.4. The lowest BCUT2D eigenvalue weighted by Crippen LogP contribution is -2.39. The molecule has 1 amide bonds. The fourth-order valence-corrected chi connectivity index (χ4v) is 1.66. The molecular weight excluding hydrogens is 231 g/mol.